The number of hydrogen-bond donors (Lipinski definition) is 0. The van der Waals surface area contributed by atoms with Gasteiger partial charge < -0.3 is 0 Å². The number of fused-ring (bicyclic) bond motifs is 12. The summed E-state index contributed by atoms with van der Waals surface area (Å²) in [5.41, 5.74) is 15.5. The van der Waals surface area contributed by atoms with E-state index in [0.29, 0.717) is 17.5 Å². The van der Waals surface area contributed by atoms with Gasteiger partial charge in [-0.1, -0.05) is 206 Å². The molecule has 2 aromatic heterocycles. The van der Waals surface area contributed by atoms with Crippen LogP contribution in [0.25, 0.3) is 89.4 Å². The molecule has 5 heteroatoms. The monoisotopic (exact) mass is 832 g/mol. The smallest absolute Gasteiger partial charge is 0.164 e. The minimum Gasteiger partial charge on any atom is -0.247 e. The van der Waals surface area contributed by atoms with Gasteiger partial charge in [0.1, 0.15) is 0 Å². The molecule has 0 saturated heterocycles. The van der Waals surface area contributed by atoms with E-state index in [1.54, 1.807) is 0 Å². The van der Waals surface area contributed by atoms with Crippen LogP contribution in [0.4, 0.5) is 0 Å². The lowest BCUT2D eigenvalue weighted by atomic mass is 9.67. The summed E-state index contributed by atoms with van der Waals surface area (Å²) < 4.78 is 0. The van der Waals surface area contributed by atoms with E-state index < -0.39 is 5.41 Å². The summed E-state index contributed by atoms with van der Waals surface area (Å²) in [7, 11) is 0. The Kier molecular flexibility index (Phi) is 8.33. The summed E-state index contributed by atoms with van der Waals surface area (Å²) in [5.74, 6) is 1.94. The standard InChI is InChI=1S/C59H36N4S/c1-3-15-40(16-4-1)56-61-57(41-17-5-2-6-18-41)63-58(62-56)42-33-29-38(30-34-42)37-27-31-39(32-28-37)55-47-35-51-54(36-46(47)45-21-9-13-25-52(45)60-55)64-53-26-14-12-24-50(53)59(51)48-22-10-7-19-43(48)44-20-8-11-23-49(44)59/h1-36H. The number of hydrogen-bond acceptors (Lipinski definition) is 5. The first-order valence-corrected chi connectivity index (χ1v) is 22.4. The van der Waals surface area contributed by atoms with Gasteiger partial charge in [0.15, 0.2) is 17.5 Å². The Labute approximate surface area is 375 Å². The molecule has 64 heavy (non-hydrogen) atoms. The van der Waals surface area contributed by atoms with Crippen molar-refractivity contribution in [3.63, 3.8) is 0 Å². The van der Waals surface area contributed by atoms with Gasteiger partial charge in [0.25, 0.3) is 0 Å². The average molecular weight is 833 g/mol. The third-order valence-electron chi connectivity index (χ3n) is 13.0. The van der Waals surface area contributed by atoms with Crippen LogP contribution >= 0.6 is 11.8 Å². The molecule has 1 aliphatic carbocycles. The molecule has 2 aliphatic rings. The maximum atomic E-state index is 5.45. The first kappa shape index (κ1) is 36.6. The summed E-state index contributed by atoms with van der Waals surface area (Å²) in [6, 6.07) is 78.1. The van der Waals surface area contributed by atoms with E-state index in [-0.39, 0.29) is 0 Å². The van der Waals surface area contributed by atoms with E-state index in [9.17, 15) is 0 Å². The highest BCUT2D eigenvalue weighted by molar-refractivity contribution is 7.99. The number of benzene rings is 9. The third-order valence-corrected chi connectivity index (χ3v) is 14.1. The molecule has 4 nitrogen and oxygen atoms in total. The van der Waals surface area contributed by atoms with E-state index >= 15 is 0 Å². The van der Waals surface area contributed by atoms with Crippen molar-refractivity contribution in [2.75, 3.05) is 0 Å². The zero-order chi connectivity index (χ0) is 42.2. The normalized spacial score (nSPS) is 13.1. The molecule has 0 bridgehead atoms. The maximum absolute atomic E-state index is 5.45. The van der Waals surface area contributed by atoms with E-state index in [4.69, 9.17) is 19.9 Å². The van der Waals surface area contributed by atoms with Crippen LogP contribution in [0.3, 0.4) is 0 Å². The largest absolute Gasteiger partial charge is 0.247 e. The van der Waals surface area contributed by atoms with Gasteiger partial charge in [-0.2, -0.15) is 0 Å². The molecule has 0 amide bonds. The SMILES string of the molecule is c1ccc(-c2nc(-c3ccccc3)nc(-c3ccc(-c4ccc(-c5nc6ccccc6c6cc7c(cc56)C5(c6ccccc6S7)c6ccccc6-c6ccccc65)cc4)cc3)n2)cc1. The van der Waals surface area contributed by atoms with E-state index in [0.717, 1.165) is 55.4 Å². The van der Waals surface area contributed by atoms with Crippen molar-refractivity contribution in [2.24, 2.45) is 0 Å². The molecule has 0 atom stereocenters. The van der Waals surface area contributed by atoms with Crippen LogP contribution in [0.2, 0.25) is 0 Å². The summed E-state index contributed by atoms with van der Waals surface area (Å²) >= 11 is 1.88. The van der Waals surface area contributed by atoms with Crippen molar-refractivity contribution in [3.05, 3.63) is 241 Å². The average Bonchev–Trinajstić information content (AvgIpc) is 3.66. The van der Waals surface area contributed by atoms with Crippen LogP contribution in [-0.4, -0.2) is 19.9 Å². The van der Waals surface area contributed by atoms with Crippen LogP contribution < -0.4 is 0 Å². The molecule has 1 spiro atoms. The van der Waals surface area contributed by atoms with Crippen LogP contribution in [0.5, 0.6) is 0 Å². The molecule has 0 unspecified atom stereocenters. The molecule has 3 heterocycles. The fourth-order valence-corrected chi connectivity index (χ4v) is 11.3. The maximum Gasteiger partial charge on any atom is 0.164 e. The molecule has 298 valence electrons. The summed E-state index contributed by atoms with van der Waals surface area (Å²) in [5, 5.41) is 3.52. The molecule has 0 radical (unpaired) electrons. The van der Waals surface area contributed by atoms with Crippen LogP contribution in [0.1, 0.15) is 22.3 Å². The minimum absolute atomic E-state index is 0.467. The predicted octanol–water partition coefficient (Wildman–Crippen LogP) is 14.7. The van der Waals surface area contributed by atoms with Gasteiger partial charge >= 0.3 is 0 Å². The number of aromatic nitrogens is 4. The van der Waals surface area contributed by atoms with Gasteiger partial charge in [-0.3, -0.25) is 0 Å². The van der Waals surface area contributed by atoms with Crippen LogP contribution in [0, 0.1) is 0 Å². The summed E-state index contributed by atoms with van der Waals surface area (Å²) in [6.07, 6.45) is 0. The predicted molar refractivity (Wildman–Crippen MR) is 261 cm³/mol. The second kappa shape index (κ2) is 14.6. The number of nitrogens with zero attached hydrogens (tertiary/aromatic N) is 4. The molecule has 13 rings (SSSR count). The Morgan fingerprint density at radius 2 is 0.766 bits per heavy atom. The number of para-hydroxylation sites is 1. The molecule has 0 saturated carbocycles. The van der Waals surface area contributed by atoms with E-state index in [2.05, 4.69) is 158 Å². The van der Waals surface area contributed by atoms with Gasteiger partial charge in [0, 0.05) is 42.8 Å². The van der Waals surface area contributed by atoms with Crippen molar-refractivity contribution in [3.8, 4) is 67.7 Å². The third kappa shape index (κ3) is 5.64. The molecule has 11 aromatic rings. The molecule has 0 fully saturated rings. The van der Waals surface area contributed by atoms with Crippen LogP contribution in [-0.2, 0) is 5.41 Å². The second-order valence-electron chi connectivity index (χ2n) is 16.5. The minimum atomic E-state index is -0.467. The molecule has 0 N–H and O–H groups in total. The topological polar surface area (TPSA) is 51.6 Å². The Balaban J connectivity index is 0.928. The lowest BCUT2D eigenvalue weighted by Gasteiger charge is -2.40. The van der Waals surface area contributed by atoms with Crippen molar-refractivity contribution < 1.29 is 0 Å². The van der Waals surface area contributed by atoms with Crippen molar-refractivity contribution in [1.29, 1.82) is 0 Å². The molecule has 9 aromatic carbocycles. The van der Waals surface area contributed by atoms with Crippen molar-refractivity contribution >= 4 is 33.4 Å². The van der Waals surface area contributed by atoms with Gasteiger partial charge in [-0.25, -0.2) is 19.9 Å². The van der Waals surface area contributed by atoms with E-state index in [1.165, 1.54) is 48.6 Å². The fourth-order valence-electron chi connectivity index (χ4n) is 10.1. The van der Waals surface area contributed by atoms with Crippen molar-refractivity contribution in [1.82, 2.24) is 19.9 Å². The Morgan fingerprint density at radius 1 is 0.297 bits per heavy atom. The highest BCUT2D eigenvalue weighted by Crippen LogP contribution is 2.62. The lowest BCUT2D eigenvalue weighted by molar-refractivity contribution is 0.724. The first-order chi connectivity index (χ1) is 31.7. The van der Waals surface area contributed by atoms with Gasteiger partial charge in [0.2, 0.25) is 0 Å². The van der Waals surface area contributed by atoms with Crippen molar-refractivity contribution in [2.45, 2.75) is 15.2 Å². The molecule has 1 aliphatic heterocycles. The zero-order valence-electron chi connectivity index (χ0n) is 34.5. The van der Waals surface area contributed by atoms with Gasteiger partial charge in [-0.15, -0.1) is 0 Å². The summed E-state index contributed by atoms with van der Waals surface area (Å²) in [6.45, 7) is 0. The lowest BCUT2D eigenvalue weighted by Crippen LogP contribution is -2.32. The van der Waals surface area contributed by atoms with Gasteiger partial charge in [-0.05, 0) is 74.2 Å². The van der Waals surface area contributed by atoms with Gasteiger partial charge in [0.05, 0.1) is 16.6 Å². The zero-order valence-corrected chi connectivity index (χ0v) is 35.3. The molecular formula is C59H36N4S. The highest BCUT2D eigenvalue weighted by Gasteiger charge is 2.50. The quantitative estimate of drug-likeness (QED) is 0.162. The Hall–Kier alpha value is -7.99. The second-order valence-corrected chi connectivity index (χ2v) is 17.6. The van der Waals surface area contributed by atoms with E-state index in [1.807, 2.05) is 72.4 Å². The highest BCUT2D eigenvalue weighted by atomic mass is 32.2. The van der Waals surface area contributed by atoms with Crippen LogP contribution in [0.15, 0.2) is 228 Å². The number of pyridine rings is 1. The number of rotatable bonds is 5. The summed E-state index contributed by atoms with van der Waals surface area (Å²) in [4.78, 5) is 22.8. The Bertz CT molecular complexity index is 3520. The molecular weight excluding hydrogens is 797 g/mol. The first-order valence-electron chi connectivity index (χ1n) is 21.6. The Morgan fingerprint density at radius 3 is 1.38 bits per heavy atom. The fraction of sp³-hybridized carbons (Fsp3) is 0.0169.